The highest BCUT2D eigenvalue weighted by Gasteiger charge is 2.19. The van der Waals surface area contributed by atoms with Gasteiger partial charge in [0.05, 0.1) is 5.69 Å². The van der Waals surface area contributed by atoms with E-state index in [1.807, 2.05) is 0 Å². The Hall–Kier alpha value is -2.37. The lowest BCUT2D eigenvalue weighted by atomic mass is 10.0. The second-order valence-corrected chi connectivity index (χ2v) is 6.83. The van der Waals surface area contributed by atoms with E-state index in [1.165, 1.54) is 25.0 Å². The first-order valence-corrected chi connectivity index (χ1v) is 9.39. The second kappa shape index (κ2) is 8.83. The van der Waals surface area contributed by atoms with Gasteiger partial charge in [-0.25, -0.2) is 9.37 Å². The van der Waals surface area contributed by atoms with Gasteiger partial charge in [0.1, 0.15) is 12.1 Å². The van der Waals surface area contributed by atoms with E-state index in [0.717, 1.165) is 36.9 Å². The average molecular weight is 358 g/mol. The van der Waals surface area contributed by atoms with Gasteiger partial charge in [-0.05, 0) is 49.9 Å². The predicted molar refractivity (Wildman–Crippen MR) is 102 cm³/mol. The molecule has 2 aromatic rings. The zero-order valence-electron chi connectivity index (χ0n) is 15.5. The number of benzene rings is 1. The van der Waals surface area contributed by atoms with E-state index >= 15 is 0 Å². The summed E-state index contributed by atoms with van der Waals surface area (Å²) in [7, 11) is 0. The summed E-state index contributed by atoms with van der Waals surface area (Å²) in [5, 5.41) is 3.39. The van der Waals surface area contributed by atoms with Crippen LogP contribution in [-0.4, -0.2) is 42.0 Å². The summed E-state index contributed by atoms with van der Waals surface area (Å²) in [5.41, 5.74) is 1.63. The van der Waals surface area contributed by atoms with Gasteiger partial charge in [-0.3, -0.25) is 4.99 Å². The molecule has 1 atom stereocenters. The third-order valence-corrected chi connectivity index (χ3v) is 4.56. The van der Waals surface area contributed by atoms with Crippen molar-refractivity contribution in [2.45, 2.75) is 33.1 Å². The van der Waals surface area contributed by atoms with Crippen LogP contribution in [0.1, 0.15) is 32.4 Å². The quantitative estimate of drug-likeness (QED) is 0.654. The van der Waals surface area contributed by atoms with Crippen LogP contribution in [-0.2, 0) is 6.42 Å². The number of hydrogen-bond donors (Lipinski definition) is 1. The van der Waals surface area contributed by atoms with Crippen molar-refractivity contribution >= 4 is 5.96 Å². The fourth-order valence-electron chi connectivity index (χ4n) is 3.23. The molecule has 1 aliphatic rings. The van der Waals surface area contributed by atoms with Gasteiger partial charge in [0, 0.05) is 38.2 Å². The standard InChI is InChI=1S/C20H27FN4O/c1-3-22-20(25-12-4-5-15(2)13-25)23-11-10-18-14-26-19(24-18)16-6-8-17(21)9-7-16/h6-9,14-15H,3-5,10-13H2,1-2H3,(H,22,23). The Bertz CT molecular complexity index is 726. The summed E-state index contributed by atoms with van der Waals surface area (Å²) in [6, 6.07) is 6.16. The molecule has 140 valence electrons. The summed E-state index contributed by atoms with van der Waals surface area (Å²) >= 11 is 0. The van der Waals surface area contributed by atoms with Crippen LogP contribution >= 0.6 is 0 Å². The van der Waals surface area contributed by atoms with Gasteiger partial charge in [-0.15, -0.1) is 0 Å². The van der Waals surface area contributed by atoms with Crippen molar-refractivity contribution in [2.75, 3.05) is 26.2 Å². The lowest BCUT2D eigenvalue weighted by Crippen LogP contribution is -2.46. The van der Waals surface area contributed by atoms with Crippen molar-refractivity contribution in [3.8, 4) is 11.5 Å². The minimum Gasteiger partial charge on any atom is -0.444 e. The number of oxazole rings is 1. The zero-order chi connectivity index (χ0) is 18.4. The number of piperidine rings is 1. The van der Waals surface area contributed by atoms with E-state index in [4.69, 9.17) is 9.41 Å². The van der Waals surface area contributed by atoms with Gasteiger partial charge in [-0.2, -0.15) is 0 Å². The monoisotopic (exact) mass is 358 g/mol. The van der Waals surface area contributed by atoms with Crippen molar-refractivity contribution in [1.82, 2.24) is 15.2 Å². The molecule has 1 fully saturated rings. The Kier molecular flexibility index (Phi) is 6.26. The number of aromatic nitrogens is 1. The maximum absolute atomic E-state index is 13.0. The Morgan fingerprint density at radius 2 is 2.19 bits per heavy atom. The number of nitrogens with one attached hydrogen (secondary N) is 1. The number of rotatable bonds is 5. The first-order chi connectivity index (χ1) is 12.7. The molecular weight excluding hydrogens is 331 g/mol. The predicted octanol–water partition coefficient (Wildman–Crippen LogP) is 3.72. The van der Waals surface area contributed by atoms with Crippen molar-refractivity contribution in [1.29, 1.82) is 0 Å². The molecule has 1 unspecified atom stereocenters. The molecule has 3 rings (SSSR count). The van der Waals surface area contributed by atoms with Gasteiger partial charge in [0.2, 0.25) is 5.89 Å². The van der Waals surface area contributed by atoms with Gasteiger partial charge in [0.25, 0.3) is 0 Å². The molecule has 1 saturated heterocycles. The number of nitrogens with zero attached hydrogens (tertiary/aromatic N) is 3. The van der Waals surface area contributed by atoms with E-state index < -0.39 is 0 Å². The number of aliphatic imine (C=N–C) groups is 1. The molecule has 1 aromatic carbocycles. The second-order valence-electron chi connectivity index (χ2n) is 6.83. The van der Waals surface area contributed by atoms with Crippen LogP contribution in [0.3, 0.4) is 0 Å². The molecule has 6 heteroatoms. The van der Waals surface area contributed by atoms with Crippen LogP contribution in [0.2, 0.25) is 0 Å². The maximum Gasteiger partial charge on any atom is 0.226 e. The van der Waals surface area contributed by atoms with E-state index in [0.29, 0.717) is 24.8 Å². The van der Waals surface area contributed by atoms with Crippen molar-refractivity contribution in [3.63, 3.8) is 0 Å². The topological polar surface area (TPSA) is 53.7 Å². The van der Waals surface area contributed by atoms with Gasteiger partial charge in [0.15, 0.2) is 5.96 Å². The van der Waals surface area contributed by atoms with Gasteiger partial charge < -0.3 is 14.6 Å². The lowest BCUT2D eigenvalue weighted by molar-refractivity contribution is 0.266. The molecule has 1 aliphatic heterocycles. The van der Waals surface area contributed by atoms with Crippen LogP contribution in [0.15, 0.2) is 39.9 Å². The third-order valence-electron chi connectivity index (χ3n) is 4.56. The molecule has 1 aromatic heterocycles. The van der Waals surface area contributed by atoms with E-state index in [1.54, 1.807) is 18.4 Å². The molecule has 0 aliphatic carbocycles. The van der Waals surface area contributed by atoms with Crippen LogP contribution in [0.4, 0.5) is 4.39 Å². The SMILES string of the molecule is CCNC(=NCCc1coc(-c2ccc(F)cc2)n1)N1CCCC(C)C1. The highest BCUT2D eigenvalue weighted by molar-refractivity contribution is 5.80. The molecular formula is C20H27FN4O. The lowest BCUT2D eigenvalue weighted by Gasteiger charge is -2.33. The van der Waals surface area contributed by atoms with Crippen molar-refractivity contribution < 1.29 is 8.81 Å². The van der Waals surface area contributed by atoms with Crippen molar-refractivity contribution in [2.24, 2.45) is 10.9 Å². The smallest absolute Gasteiger partial charge is 0.226 e. The Balaban J connectivity index is 1.60. The van der Waals surface area contributed by atoms with Crippen LogP contribution in [0.25, 0.3) is 11.5 Å². The minimum absolute atomic E-state index is 0.266. The molecule has 5 nitrogen and oxygen atoms in total. The van der Waals surface area contributed by atoms with Gasteiger partial charge in [-0.1, -0.05) is 6.92 Å². The summed E-state index contributed by atoms with van der Waals surface area (Å²) in [4.78, 5) is 11.6. The molecule has 0 spiro atoms. The highest BCUT2D eigenvalue weighted by Crippen LogP contribution is 2.19. The number of likely N-dealkylation sites (tertiary alicyclic amines) is 1. The Labute approximate surface area is 154 Å². The van der Waals surface area contributed by atoms with Crippen molar-refractivity contribution in [3.05, 3.63) is 42.0 Å². The third kappa shape index (κ3) is 4.84. The average Bonchev–Trinajstić information content (AvgIpc) is 3.10. The summed E-state index contributed by atoms with van der Waals surface area (Å²) in [6.07, 6.45) is 4.88. The van der Waals surface area contributed by atoms with Crippen LogP contribution in [0, 0.1) is 11.7 Å². The highest BCUT2D eigenvalue weighted by atomic mass is 19.1. The maximum atomic E-state index is 13.0. The van der Waals surface area contributed by atoms with Gasteiger partial charge >= 0.3 is 0 Å². The molecule has 1 N–H and O–H groups in total. The Morgan fingerprint density at radius 1 is 1.38 bits per heavy atom. The number of guanidine groups is 1. The molecule has 2 heterocycles. The van der Waals surface area contributed by atoms with E-state index in [-0.39, 0.29) is 5.82 Å². The molecule has 26 heavy (non-hydrogen) atoms. The van der Waals surface area contributed by atoms with Crippen LogP contribution < -0.4 is 5.32 Å². The van der Waals surface area contributed by atoms with E-state index in [9.17, 15) is 4.39 Å². The zero-order valence-corrected chi connectivity index (χ0v) is 15.5. The first-order valence-electron chi connectivity index (χ1n) is 9.39. The number of hydrogen-bond acceptors (Lipinski definition) is 3. The first kappa shape index (κ1) is 18.4. The number of halogens is 1. The summed E-state index contributed by atoms with van der Waals surface area (Å²) in [6.45, 7) is 8.03. The normalized spacial score (nSPS) is 18.2. The summed E-state index contributed by atoms with van der Waals surface area (Å²) in [5.74, 6) is 1.95. The molecule has 0 amide bonds. The molecule has 0 saturated carbocycles. The van der Waals surface area contributed by atoms with Crippen LogP contribution in [0.5, 0.6) is 0 Å². The summed E-state index contributed by atoms with van der Waals surface area (Å²) < 4.78 is 18.5. The minimum atomic E-state index is -0.266. The fourth-order valence-corrected chi connectivity index (χ4v) is 3.23. The molecule has 0 radical (unpaired) electrons. The largest absolute Gasteiger partial charge is 0.444 e. The fraction of sp³-hybridized carbons (Fsp3) is 0.500. The van der Waals surface area contributed by atoms with E-state index in [2.05, 4.69) is 29.0 Å². The Morgan fingerprint density at radius 3 is 2.92 bits per heavy atom. The molecule has 0 bridgehead atoms.